The summed E-state index contributed by atoms with van der Waals surface area (Å²) in [5.74, 6) is 0.738. The Kier molecular flexibility index (Phi) is 6.20. The molecule has 5 nitrogen and oxygen atoms in total. The van der Waals surface area contributed by atoms with Crippen LogP contribution in [-0.4, -0.2) is 36.6 Å². The standard InChI is InChI=1S/C11H20N2O3S2/c1-3-5-13-8-11(7-10(13)9-14)18(15,16)12-4-6-17-2/h7-8,12,14H,3-6,9H2,1-2H3. The van der Waals surface area contributed by atoms with Gasteiger partial charge in [0.1, 0.15) is 0 Å². The summed E-state index contributed by atoms with van der Waals surface area (Å²) in [5, 5.41) is 9.20. The van der Waals surface area contributed by atoms with Crippen LogP contribution < -0.4 is 4.72 Å². The van der Waals surface area contributed by atoms with Crippen LogP contribution in [0.1, 0.15) is 19.0 Å². The second kappa shape index (κ2) is 7.18. The van der Waals surface area contributed by atoms with Crippen LogP contribution in [0.2, 0.25) is 0 Å². The van der Waals surface area contributed by atoms with E-state index in [9.17, 15) is 13.5 Å². The van der Waals surface area contributed by atoms with Crippen LogP contribution in [0.15, 0.2) is 17.2 Å². The van der Waals surface area contributed by atoms with Gasteiger partial charge in [-0.15, -0.1) is 0 Å². The minimum atomic E-state index is -3.46. The quantitative estimate of drug-likeness (QED) is 0.702. The predicted molar refractivity (Wildman–Crippen MR) is 74.2 cm³/mol. The van der Waals surface area contributed by atoms with Crippen LogP contribution in [0.25, 0.3) is 0 Å². The van der Waals surface area contributed by atoms with E-state index in [2.05, 4.69) is 4.72 Å². The summed E-state index contributed by atoms with van der Waals surface area (Å²) >= 11 is 1.59. The monoisotopic (exact) mass is 292 g/mol. The fraction of sp³-hybridized carbons (Fsp3) is 0.636. The largest absolute Gasteiger partial charge is 0.390 e. The molecule has 1 aromatic heterocycles. The molecule has 0 amide bonds. The van der Waals surface area contributed by atoms with Gasteiger partial charge < -0.3 is 9.67 Å². The maximum absolute atomic E-state index is 12.0. The predicted octanol–water partition coefficient (Wildman–Crippen LogP) is 1.03. The van der Waals surface area contributed by atoms with Gasteiger partial charge in [-0.05, 0) is 18.7 Å². The zero-order valence-corrected chi connectivity index (χ0v) is 12.4. The zero-order valence-electron chi connectivity index (χ0n) is 10.7. The molecule has 1 rings (SSSR count). The van der Waals surface area contributed by atoms with Crippen LogP contribution in [0.5, 0.6) is 0 Å². The second-order valence-corrected chi connectivity index (χ2v) is 6.66. The first-order valence-electron chi connectivity index (χ1n) is 5.83. The summed E-state index contributed by atoms with van der Waals surface area (Å²) in [5.41, 5.74) is 0.627. The SMILES string of the molecule is CCCn1cc(S(=O)(=O)NCCSC)cc1CO. The molecule has 0 saturated heterocycles. The highest BCUT2D eigenvalue weighted by molar-refractivity contribution is 7.98. The summed E-state index contributed by atoms with van der Waals surface area (Å²) in [7, 11) is -3.46. The fourth-order valence-corrected chi connectivity index (χ4v) is 3.14. The lowest BCUT2D eigenvalue weighted by Gasteiger charge is -2.04. The van der Waals surface area contributed by atoms with Crippen molar-refractivity contribution in [1.29, 1.82) is 0 Å². The van der Waals surface area contributed by atoms with Gasteiger partial charge in [-0.1, -0.05) is 6.92 Å². The number of nitrogens with zero attached hydrogens (tertiary/aromatic N) is 1. The Labute approximate surface area is 113 Å². The van der Waals surface area contributed by atoms with Crippen molar-refractivity contribution in [2.45, 2.75) is 31.4 Å². The number of hydrogen-bond donors (Lipinski definition) is 2. The van der Waals surface area contributed by atoms with Crippen LogP contribution in [-0.2, 0) is 23.2 Å². The molecule has 0 saturated carbocycles. The molecule has 0 aliphatic rings. The lowest BCUT2D eigenvalue weighted by molar-refractivity contribution is 0.270. The Morgan fingerprint density at radius 2 is 2.22 bits per heavy atom. The van der Waals surface area contributed by atoms with E-state index >= 15 is 0 Å². The topological polar surface area (TPSA) is 71.3 Å². The first-order chi connectivity index (χ1) is 8.55. The van der Waals surface area contributed by atoms with Gasteiger partial charge in [0.2, 0.25) is 10.0 Å². The van der Waals surface area contributed by atoms with Crippen LogP contribution >= 0.6 is 11.8 Å². The van der Waals surface area contributed by atoms with E-state index in [1.54, 1.807) is 22.5 Å². The summed E-state index contributed by atoms with van der Waals surface area (Å²) in [6, 6.07) is 1.52. The van der Waals surface area contributed by atoms with Gasteiger partial charge in [0.05, 0.1) is 11.5 Å². The molecule has 0 aromatic carbocycles. The third kappa shape index (κ3) is 4.01. The van der Waals surface area contributed by atoms with E-state index in [1.165, 1.54) is 6.07 Å². The Morgan fingerprint density at radius 3 is 2.78 bits per heavy atom. The molecular weight excluding hydrogens is 272 g/mol. The maximum atomic E-state index is 12.0. The molecule has 1 aromatic rings. The van der Waals surface area contributed by atoms with Crippen molar-refractivity contribution in [1.82, 2.24) is 9.29 Å². The molecule has 2 N–H and O–H groups in total. The summed E-state index contributed by atoms with van der Waals surface area (Å²) in [6.45, 7) is 2.97. The van der Waals surface area contributed by atoms with Gasteiger partial charge in [0.25, 0.3) is 0 Å². The van der Waals surface area contributed by atoms with Crippen molar-refractivity contribution >= 4 is 21.8 Å². The highest BCUT2D eigenvalue weighted by Gasteiger charge is 2.17. The van der Waals surface area contributed by atoms with Crippen molar-refractivity contribution in [3.05, 3.63) is 18.0 Å². The first-order valence-corrected chi connectivity index (χ1v) is 8.71. The van der Waals surface area contributed by atoms with Crippen molar-refractivity contribution in [2.75, 3.05) is 18.6 Å². The lowest BCUT2D eigenvalue weighted by Crippen LogP contribution is -2.25. The Balaban J connectivity index is 2.88. The molecule has 104 valence electrons. The Bertz CT molecular complexity index is 469. The third-order valence-corrected chi connectivity index (χ3v) is 4.54. The number of nitrogens with one attached hydrogen (secondary N) is 1. The Hall–Kier alpha value is -0.500. The number of aliphatic hydroxyl groups excluding tert-OH is 1. The number of hydrogen-bond acceptors (Lipinski definition) is 4. The van der Waals surface area contributed by atoms with Crippen LogP contribution in [0.3, 0.4) is 0 Å². The molecule has 0 unspecified atom stereocenters. The molecule has 0 radical (unpaired) electrons. The summed E-state index contributed by atoms with van der Waals surface area (Å²) in [6.07, 6.45) is 4.40. The fourth-order valence-electron chi connectivity index (χ4n) is 1.61. The van der Waals surface area contributed by atoms with Gasteiger partial charge in [-0.2, -0.15) is 11.8 Å². The Morgan fingerprint density at radius 1 is 1.50 bits per heavy atom. The highest BCUT2D eigenvalue weighted by Crippen LogP contribution is 2.15. The van der Waals surface area contributed by atoms with Crippen molar-refractivity contribution in [3.8, 4) is 0 Å². The van der Waals surface area contributed by atoms with Crippen LogP contribution in [0, 0.1) is 0 Å². The van der Waals surface area contributed by atoms with E-state index < -0.39 is 10.0 Å². The van der Waals surface area contributed by atoms with E-state index in [-0.39, 0.29) is 11.5 Å². The van der Waals surface area contributed by atoms with Gasteiger partial charge in [-0.3, -0.25) is 0 Å². The van der Waals surface area contributed by atoms with Crippen LogP contribution in [0.4, 0.5) is 0 Å². The molecule has 0 aliphatic heterocycles. The molecule has 1 heterocycles. The first kappa shape index (κ1) is 15.6. The zero-order chi connectivity index (χ0) is 13.6. The van der Waals surface area contributed by atoms with Gasteiger partial charge in [-0.25, -0.2) is 13.1 Å². The minimum absolute atomic E-state index is 0.152. The summed E-state index contributed by atoms with van der Waals surface area (Å²) < 4.78 is 28.3. The average Bonchev–Trinajstić information content (AvgIpc) is 2.74. The molecule has 0 atom stereocenters. The van der Waals surface area contributed by atoms with Crippen molar-refractivity contribution < 1.29 is 13.5 Å². The molecule has 7 heteroatoms. The molecule has 18 heavy (non-hydrogen) atoms. The van der Waals surface area contributed by atoms with E-state index in [1.807, 2.05) is 13.2 Å². The smallest absolute Gasteiger partial charge is 0.242 e. The summed E-state index contributed by atoms with van der Waals surface area (Å²) in [4.78, 5) is 0.223. The van der Waals surface area contributed by atoms with E-state index in [0.717, 1.165) is 12.2 Å². The molecule has 0 aliphatic carbocycles. The second-order valence-electron chi connectivity index (χ2n) is 3.91. The number of thioether (sulfide) groups is 1. The number of rotatable bonds is 8. The highest BCUT2D eigenvalue weighted by atomic mass is 32.2. The number of sulfonamides is 1. The third-order valence-electron chi connectivity index (χ3n) is 2.50. The van der Waals surface area contributed by atoms with E-state index in [4.69, 9.17) is 0 Å². The van der Waals surface area contributed by atoms with Gasteiger partial charge >= 0.3 is 0 Å². The molecule has 0 spiro atoms. The van der Waals surface area contributed by atoms with Gasteiger partial charge in [0.15, 0.2) is 0 Å². The normalized spacial score (nSPS) is 11.9. The molecule has 0 fully saturated rings. The van der Waals surface area contributed by atoms with Gasteiger partial charge in [0, 0.05) is 30.7 Å². The average molecular weight is 292 g/mol. The molecular formula is C11H20N2O3S2. The minimum Gasteiger partial charge on any atom is -0.390 e. The molecule has 0 bridgehead atoms. The van der Waals surface area contributed by atoms with Crippen molar-refractivity contribution in [3.63, 3.8) is 0 Å². The number of aliphatic hydroxyl groups is 1. The lowest BCUT2D eigenvalue weighted by atomic mass is 10.4. The maximum Gasteiger partial charge on any atom is 0.242 e. The number of aryl methyl sites for hydroxylation is 1. The number of aromatic nitrogens is 1. The van der Waals surface area contributed by atoms with Crippen molar-refractivity contribution in [2.24, 2.45) is 0 Å². The van der Waals surface area contributed by atoms with E-state index in [0.29, 0.717) is 18.8 Å².